The number of rotatable bonds is 5. The van der Waals surface area contributed by atoms with Gasteiger partial charge in [-0.1, -0.05) is 6.92 Å². The molecule has 2 unspecified atom stereocenters. The fourth-order valence-electron chi connectivity index (χ4n) is 1.82. The number of non-ortho nitro benzene ring substituents is 1. The van der Waals surface area contributed by atoms with Crippen LogP contribution in [0, 0.1) is 16.0 Å². The molecule has 1 aliphatic rings. The quantitative estimate of drug-likeness (QED) is 0.628. The first-order valence-corrected chi connectivity index (χ1v) is 5.66. The van der Waals surface area contributed by atoms with E-state index in [-0.39, 0.29) is 5.69 Å². The van der Waals surface area contributed by atoms with Crippen LogP contribution in [-0.4, -0.2) is 18.1 Å². The number of nitro groups is 1. The highest BCUT2D eigenvalue weighted by molar-refractivity contribution is 5.42. The molecule has 0 bridgehead atoms. The van der Waals surface area contributed by atoms with Gasteiger partial charge in [-0.3, -0.25) is 10.1 Å². The molecule has 0 aliphatic heterocycles. The highest BCUT2D eigenvalue weighted by atomic mass is 16.6. The van der Waals surface area contributed by atoms with E-state index < -0.39 is 4.92 Å². The molecule has 1 N–H and O–H groups in total. The topological polar surface area (TPSA) is 64.4 Å². The second-order valence-corrected chi connectivity index (χ2v) is 4.50. The van der Waals surface area contributed by atoms with Crippen molar-refractivity contribution in [3.8, 4) is 5.75 Å². The van der Waals surface area contributed by atoms with Gasteiger partial charge in [-0.05, 0) is 24.0 Å². The molecule has 2 atom stereocenters. The summed E-state index contributed by atoms with van der Waals surface area (Å²) < 4.78 is 5.06. The van der Waals surface area contributed by atoms with Crippen LogP contribution in [0.2, 0.25) is 0 Å². The highest BCUT2D eigenvalue weighted by Gasteiger charge is 2.31. The number of nitrogens with one attached hydrogen (secondary N) is 1. The Kier molecular flexibility index (Phi) is 3.28. The molecular weight excluding hydrogens is 220 g/mol. The lowest BCUT2D eigenvalue weighted by atomic mass is 10.2. The summed E-state index contributed by atoms with van der Waals surface area (Å²) in [6.07, 6.45) is 1.19. The summed E-state index contributed by atoms with van der Waals surface area (Å²) >= 11 is 0. The van der Waals surface area contributed by atoms with Gasteiger partial charge in [0.1, 0.15) is 5.75 Å². The third kappa shape index (κ3) is 2.94. The first-order valence-electron chi connectivity index (χ1n) is 5.66. The van der Waals surface area contributed by atoms with Crippen molar-refractivity contribution in [2.45, 2.75) is 25.9 Å². The smallest absolute Gasteiger partial charge is 0.273 e. The van der Waals surface area contributed by atoms with Crippen molar-refractivity contribution in [2.24, 2.45) is 5.92 Å². The number of nitrogens with zero attached hydrogens (tertiary/aromatic N) is 1. The maximum Gasteiger partial charge on any atom is 0.273 e. The summed E-state index contributed by atoms with van der Waals surface area (Å²) in [6, 6.07) is 5.40. The van der Waals surface area contributed by atoms with E-state index in [9.17, 15) is 10.1 Å². The average molecular weight is 236 g/mol. The molecule has 0 heterocycles. The molecule has 1 aromatic carbocycles. The molecule has 92 valence electrons. The van der Waals surface area contributed by atoms with Crippen molar-refractivity contribution in [1.29, 1.82) is 0 Å². The van der Waals surface area contributed by atoms with Gasteiger partial charge in [-0.15, -0.1) is 0 Å². The van der Waals surface area contributed by atoms with Gasteiger partial charge < -0.3 is 10.1 Å². The Bertz CT molecular complexity index is 434. The van der Waals surface area contributed by atoms with Crippen molar-refractivity contribution in [3.05, 3.63) is 33.9 Å². The molecule has 2 rings (SSSR count). The molecule has 17 heavy (non-hydrogen) atoms. The molecule has 1 saturated carbocycles. The Balaban J connectivity index is 2.09. The minimum atomic E-state index is -0.397. The van der Waals surface area contributed by atoms with E-state index in [1.165, 1.54) is 19.6 Å². The molecule has 1 aliphatic carbocycles. The van der Waals surface area contributed by atoms with Gasteiger partial charge in [-0.2, -0.15) is 0 Å². The van der Waals surface area contributed by atoms with Crippen LogP contribution in [0.15, 0.2) is 18.2 Å². The zero-order valence-electron chi connectivity index (χ0n) is 9.97. The van der Waals surface area contributed by atoms with E-state index in [0.717, 1.165) is 11.5 Å². The normalized spacial score (nSPS) is 22.2. The molecule has 1 aromatic rings. The third-order valence-corrected chi connectivity index (χ3v) is 3.08. The first-order chi connectivity index (χ1) is 8.10. The van der Waals surface area contributed by atoms with Gasteiger partial charge in [0.25, 0.3) is 5.69 Å². The zero-order valence-corrected chi connectivity index (χ0v) is 9.97. The fraction of sp³-hybridized carbons (Fsp3) is 0.500. The summed E-state index contributed by atoms with van der Waals surface area (Å²) in [5.41, 5.74) is 0.958. The highest BCUT2D eigenvalue weighted by Crippen LogP contribution is 2.30. The van der Waals surface area contributed by atoms with E-state index in [1.807, 2.05) is 6.07 Å². The predicted molar refractivity (Wildman–Crippen MR) is 64.1 cm³/mol. The number of methoxy groups -OCH3 is 1. The summed E-state index contributed by atoms with van der Waals surface area (Å²) in [6.45, 7) is 2.83. The summed E-state index contributed by atoms with van der Waals surface area (Å²) in [4.78, 5) is 10.4. The van der Waals surface area contributed by atoms with E-state index in [0.29, 0.717) is 18.3 Å². The lowest BCUT2D eigenvalue weighted by molar-refractivity contribution is -0.385. The average Bonchev–Trinajstić information content (AvgIpc) is 3.02. The fourth-order valence-corrected chi connectivity index (χ4v) is 1.82. The second kappa shape index (κ2) is 4.71. The zero-order chi connectivity index (χ0) is 12.4. The largest absolute Gasteiger partial charge is 0.496 e. The number of benzene rings is 1. The molecular formula is C12H16N2O3. The molecule has 0 spiro atoms. The number of ether oxygens (including phenoxy) is 1. The number of nitro benzene ring substituents is 1. The molecule has 5 nitrogen and oxygen atoms in total. The summed E-state index contributed by atoms with van der Waals surface area (Å²) in [7, 11) is 1.51. The van der Waals surface area contributed by atoms with Crippen LogP contribution in [-0.2, 0) is 6.54 Å². The van der Waals surface area contributed by atoms with Crippen molar-refractivity contribution in [3.63, 3.8) is 0 Å². The number of hydrogen-bond acceptors (Lipinski definition) is 4. The van der Waals surface area contributed by atoms with E-state index in [1.54, 1.807) is 6.07 Å². The monoisotopic (exact) mass is 236 g/mol. The van der Waals surface area contributed by atoms with E-state index in [4.69, 9.17) is 4.74 Å². The Hall–Kier alpha value is -1.62. The second-order valence-electron chi connectivity index (χ2n) is 4.50. The molecule has 0 radical (unpaired) electrons. The van der Waals surface area contributed by atoms with Crippen molar-refractivity contribution < 1.29 is 9.66 Å². The third-order valence-electron chi connectivity index (χ3n) is 3.08. The summed E-state index contributed by atoms with van der Waals surface area (Å²) in [5, 5.41) is 14.1. The molecule has 5 heteroatoms. The van der Waals surface area contributed by atoms with Crippen LogP contribution in [0.3, 0.4) is 0 Å². The van der Waals surface area contributed by atoms with Crippen molar-refractivity contribution in [1.82, 2.24) is 5.32 Å². The maximum absolute atomic E-state index is 10.8. The van der Waals surface area contributed by atoms with Crippen LogP contribution in [0.1, 0.15) is 18.9 Å². The SMILES string of the molecule is COc1cc(CNC2CC2C)cc([N+](=O)[O-])c1. The standard InChI is InChI=1S/C12H16N2O3/c1-8-3-12(8)13-7-9-4-10(14(15)16)6-11(5-9)17-2/h4-6,8,12-13H,3,7H2,1-2H3. The predicted octanol–water partition coefficient (Wildman–Crippen LogP) is 2.10. The van der Waals surface area contributed by atoms with Gasteiger partial charge in [0.2, 0.25) is 0 Å². The first kappa shape index (κ1) is 11.9. The van der Waals surface area contributed by atoms with Gasteiger partial charge in [-0.25, -0.2) is 0 Å². The molecule has 1 fully saturated rings. The van der Waals surface area contributed by atoms with Crippen LogP contribution < -0.4 is 10.1 Å². The lowest BCUT2D eigenvalue weighted by Gasteiger charge is -2.06. The van der Waals surface area contributed by atoms with Crippen molar-refractivity contribution in [2.75, 3.05) is 7.11 Å². The van der Waals surface area contributed by atoms with Gasteiger partial charge in [0.15, 0.2) is 0 Å². The van der Waals surface area contributed by atoms with Gasteiger partial charge in [0, 0.05) is 18.7 Å². The molecule has 0 aromatic heterocycles. The number of hydrogen-bond donors (Lipinski definition) is 1. The van der Waals surface area contributed by atoms with Crippen molar-refractivity contribution >= 4 is 5.69 Å². The Morgan fingerprint density at radius 3 is 2.76 bits per heavy atom. The molecule has 0 saturated heterocycles. The van der Waals surface area contributed by atoms with E-state index in [2.05, 4.69) is 12.2 Å². The Morgan fingerprint density at radius 1 is 1.53 bits per heavy atom. The van der Waals surface area contributed by atoms with Crippen LogP contribution in [0.4, 0.5) is 5.69 Å². The minimum absolute atomic E-state index is 0.0741. The van der Waals surface area contributed by atoms with Gasteiger partial charge >= 0.3 is 0 Å². The van der Waals surface area contributed by atoms with Crippen LogP contribution in [0.25, 0.3) is 0 Å². The van der Waals surface area contributed by atoms with Crippen LogP contribution in [0.5, 0.6) is 5.75 Å². The minimum Gasteiger partial charge on any atom is -0.496 e. The lowest BCUT2D eigenvalue weighted by Crippen LogP contribution is -2.17. The van der Waals surface area contributed by atoms with Gasteiger partial charge in [0.05, 0.1) is 18.1 Å². The Morgan fingerprint density at radius 2 is 2.24 bits per heavy atom. The molecule has 0 amide bonds. The maximum atomic E-state index is 10.8. The van der Waals surface area contributed by atoms with Crippen LogP contribution >= 0.6 is 0 Å². The Labute approximate surface area is 99.9 Å². The van der Waals surface area contributed by atoms with E-state index >= 15 is 0 Å². The summed E-state index contributed by atoms with van der Waals surface area (Å²) in [5.74, 6) is 1.25.